The van der Waals surface area contributed by atoms with E-state index in [-0.39, 0.29) is 26.4 Å². The number of benzene rings is 1. The van der Waals surface area contributed by atoms with E-state index >= 15 is 0 Å². The molecule has 0 aromatic heterocycles. The number of hydrogen-bond acceptors (Lipinski definition) is 4. The van der Waals surface area contributed by atoms with Crippen molar-refractivity contribution in [3.8, 4) is 0 Å². The van der Waals surface area contributed by atoms with E-state index in [4.69, 9.17) is 10.2 Å². The quantitative estimate of drug-likeness (QED) is 0.540. The van der Waals surface area contributed by atoms with Crippen LogP contribution in [0.25, 0.3) is 0 Å². The lowest BCUT2D eigenvalue weighted by Crippen LogP contribution is -2.11. The first-order valence-electron chi connectivity index (χ1n) is 6.76. The van der Waals surface area contributed by atoms with Crippen molar-refractivity contribution in [2.45, 2.75) is 32.6 Å². The zero-order valence-electron chi connectivity index (χ0n) is 11.5. The Hall–Kier alpha value is -0.940. The van der Waals surface area contributed by atoms with Gasteiger partial charge in [-0.25, -0.2) is 0 Å². The van der Waals surface area contributed by atoms with E-state index in [9.17, 15) is 10.2 Å². The fourth-order valence-electron chi connectivity index (χ4n) is 2.62. The summed E-state index contributed by atoms with van der Waals surface area (Å²) < 4.78 is 0. The van der Waals surface area contributed by atoms with Gasteiger partial charge in [0.05, 0.1) is 0 Å². The first-order chi connectivity index (χ1) is 9.19. The Morgan fingerprint density at radius 2 is 1.16 bits per heavy atom. The van der Waals surface area contributed by atoms with Gasteiger partial charge in [-0.2, -0.15) is 0 Å². The molecular weight excluding hydrogens is 244 g/mol. The fourth-order valence-corrected chi connectivity index (χ4v) is 2.62. The molecule has 0 aliphatic rings. The summed E-state index contributed by atoms with van der Waals surface area (Å²) in [6.45, 7) is 2.23. The predicted molar refractivity (Wildman–Crippen MR) is 74.3 cm³/mol. The van der Waals surface area contributed by atoms with Crippen LogP contribution in [-0.4, -0.2) is 46.9 Å². The van der Waals surface area contributed by atoms with E-state index in [1.807, 2.05) is 13.0 Å². The summed E-state index contributed by atoms with van der Waals surface area (Å²) >= 11 is 0. The highest BCUT2D eigenvalue weighted by atomic mass is 16.3. The molecule has 0 radical (unpaired) electrons. The van der Waals surface area contributed by atoms with Gasteiger partial charge < -0.3 is 20.4 Å². The van der Waals surface area contributed by atoms with Gasteiger partial charge in [-0.05, 0) is 60.4 Å². The Morgan fingerprint density at radius 3 is 1.68 bits per heavy atom. The summed E-state index contributed by atoms with van der Waals surface area (Å²) in [5.41, 5.74) is 5.22. The third-order valence-electron chi connectivity index (χ3n) is 3.52. The summed E-state index contributed by atoms with van der Waals surface area (Å²) in [5.74, 6) is 0. The molecule has 4 heteroatoms. The Labute approximate surface area is 114 Å². The second-order valence-corrected chi connectivity index (χ2v) is 4.67. The minimum atomic E-state index is 0.0512. The van der Waals surface area contributed by atoms with Gasteiger partial charge in [0.2, 0.25) is 0 Å². The van der Waals surface area contributed by atoms with Crippen LogP contribution < -0.4 is 0 Å². The number of rotatable bonds is 8. The number of aliphatic hydroxyl groups excluding tert-OH is 4. The molecule has 0 amide bonds. The fraction of sp³-hybridized carbons (Fsp3) is 0.600. The third-order valence-corrected chi connectivity index (χ3v) is 3.52. The minimum Gasteiger partial charge on any atom is -0.396 e. The van der Waals surface area contributed by atoms with Crippen LogP contribution in [0.15, 0.2) is 6.07 Å². The summed E-state index contributed by atoms with van der Waals surface area (Å²) in [5, 5.41) is 36.7. The van der Waals surface area contributed by atoms with Gasteiger partial charge in [-0.15, -0.1) is 0 Å². The summed E-state index contributed by atoms with van der Waals surface area (Å²) in [7, 11) is 0. The van der Waals surface area contributed by atoms with E-state index < -0.39 is 0 Å². The van der Waals surface area contributed by atoms with Crippen molar-refractivity contribution in [3.05, 3.63) is 33.9 Å². The summed E-state index contributed by atoms with van der Waals surface area (Å²) in [4.78, 5) is 0. The molecule has 1 aromatic rings. The molecule has 4 N–H and O–H groups in total. The van der Waals surface area contributed by atoms with Crippen LogP contribution in [0.3, 0.4) is 0 Å². The molecule has 1 aromatic carbocycles. The molecule has 4 nitrogen and oxygen atoms in total. The maximum Gasteiger partial charge on any atom is 0.0471 e. The van der Waals surface area contributed by atoms with Crippen LogP contribution in [0.5, 0.6) is 0 Å². The van der Waals surface area contributed by atoms with Crippen molar-refractivity contribution in [1.29, 1.82) is 0 Å². The van der Waals surface area contributed by atoms with Crippen molar-refractivity contribution in [2.75, 3.05) is 26.4 Å². The van der Waals surface area contributed by atoms with Crippen molar-refractivity contribution < 1.29 is 20.4 Å². The first-order valence-corrected chi connectivity index (χ1v) is 6.76. The molecule has 19 heavy (non-hydrogen) atoms. The van der Waals surface area contributed by atoms with Gasteiger partial charge in [-0.3, -0.25) is 0 Å². The highest BCUT2D eigenvalue weighted by Gasteiger charge is 2.14. The van der Waals surface area contributed by atoms with E-state index in [1.54, 1.807) is 0 Å². The van der Waals surface area contributed by atoms with E-state index in [0.29, 0.717) is 25.7 Å². The maximum atomic E-state index is 9.22. The van der Waals surface area contributed by atoms with Crippen LogP contribution in [-0.2, 0) is 25.7 Å². The molecule has 0 aliphatic heterocycles. The van der Waals surface area contributed by atoms with Crippen LogP contribution in [0, 0.1) is 6.92 Å². The van der Waals surface area contributed by atoms with Crippen LogP contribution in [0.4, 0.5) is 0 Å². The van der Waals surface area contributed by atoms with Crippen molar-refractivity contribution >= 4 is 0 Å². The van der Waals surface area contributed by atoms with Crippen molar-refractivity contribution in [2.24, 2.45) is 0 Å². The Kier molecular flexibility index (Phi) is 7.02. The van der Waals surface area contributed by atoms with Gasteiger partial charge in [0, 0.05) is 26.4 Å². The second-order valence-electron chi connectivity index (χ2n) is 4.67. The van der Waals surface area contributed by atoms with E-state index in [0.717, 1.165) is 27.8 Å². The molecule has 108 valence electrons. The SMILES string of the molecule is Cc1c(CCO)cc(CCO)c(CCO)c1CCO. The van der Waals surface area contributed by atoms with Crippen LogP contribution in [0.1, 0.15) is 27.8 Å². The molecule has 0 saturated heterocycles. The zero-order chi connectivity index (χ0) is 14.3. The minimum absolute atomic E-state index is 0.0512. The smallest absolute Gasteiger partial charge is 0.0471 e. The average molecular weight is 268 g/mol. The Bertz CT molecular complexity index is 402. The molecule has 0 saturated carbocycles. The molecule has 0 unspecified atom stereocenters. The highest BCUT2D eigenvalue weighted by Crippen LogP contribution is 2.25. The molecule has 0 spiro atoms. The van der Waals surface area contributed by atoms with Crippen LogP contribution in [0.2, 0.25) is 0 Å². The Balaban J connectivity index is 3.33. The van der Waals surface area contributed by atoms with E-state index in [2.05, 4.69) is 0 Å². The first kappa shape index (κ1) is 16.1. The lowest BCUT2D eigenvalue weighted by atomic mass is 9.87. The molecule has 0 bridgehead atoms. The van der Waals surface area contributed by atoms with Crippen LogP contribution >= 0.6 is 0 Å². The molecule has 0 fully saturated rings. The van der Waals surface area contributed by atoms with Gasteiger partial charge in [0.1, 0.15) is 0 Å². The average Bonchev–Trinajstić information content (AvgIpc) is 2.39. The summed E-state index contributed by atoms with van der Waals surface area (Å²) in [6.07, 6.45) is 2.18. The number of hydrogen-bond donors (Lipinski definition) is 4. The van der Waals surface area contributed by atoms with Crippen molar-refractivity contribution in [1.82, 2.24) is 0 Å². The number of aliphatic hydroxyl groups is 4. The normalized spacial score (nSPS) is 11.0. The third kappa shape index (κ3) is 4.01. The second kappa shape index (κ2) is 8.27. The lowest BCUT2D eigenvalue weighted by Gasteiger charge is -2.19. The zero-order valence-corrected chi connectivity index (χ0v) is 11.5. The molecule has 1 rings (SSSR count). The Morgan fingerprint density at radius 1 is 0.684 bits per heavy atom. The largest absolute Gasteiger partial charge is 0.396 e. The summed E-state index contributed by atoms with van der Waals surface area (Å²) in [6, 6.07) is 2.01. The molecular formula is C15H24O4. The van der Waals surface area contributed by atoms with Gasteiger partial charge in [0.15, 0.2) is 0 Å². The topological polar surface area (TPSA) is 80.9 Å². The highest BCUT2D eigenvalue weighted by molar-refractivity contribution is 5.46. The molecule has 0 aliphatic carbocycles. The molecule has 0 atom stereocenters. The maximum absolute atomic E-state index is 9.22. The van der Waals surface area contributed by atoms with E-state index in [1.165, 1.54) is 0 Å². The van der Waals surface area contributed by atoms with Crippen molar-refractivity contribution in [3.63, 3.8) is 0 Å². The van der Waals surface area contributed by atoms with Gasteiger partial charge in [0.25, 0.3) is 0 Å². The predicted octanol–water partition coefficient (Wildman–Crippen LogP) is 0.134. The van der Waals surface area contributed by atoms with Gasteiger partial charge in [-0.1, -0.05) is 6.07 Å². The lowest BCUT2D eigenvalue weighted by molar-refractivity contribution is 0.288. The standard InChI is InChI=1S/C15H24O4/c1-11-12(2-6-16)10-13(3-7-17)15(5-9-19)14(11)4-8-18/h10,16-19H,2-9H2,1H3. The monoisotopic (exact) mass is 268 g/mol. The van der Waals surface area contributed by atoms with Gasteiger partial charge >= 0.3 is 0 Å². The molecule has 0 heterocycles.